The molecule has 0 radical (unpaired) electrons. The maximum atomic E-state index is 8.55. The van der Waals surface area contributed by atoms with E-state index in [9.17, 15) is 0 Å². The molecule has 0 rings (SSSR count). The molecule has 0 aromatic rings. The molecule has 1 unspecified atom stereocenters. The van der Waals surface area contributed by atoms with Gasteiger partial charge in [-0.05, 0) is 7.05 Å². The Balaban J connectivity index is 0. The van der Waals surface area contributed by atoms with Crippen LogP contribution in [0.2, 0.25) is 0 Å². The van der Waals surface area contributed by atoms with Crippen molar-refractivity contribution in [2.45, 2.75) is 6.10 Å². The first-order valence-corrected chi connectivity index (χ1v) is 2.24. The molecule has 0 amide bonds. The van der Waals surface area contributed by atoms with Crippen LogP contribution in [-0.2, 0) is 0 Å². The third-order valence-corrected chi connectivity index (χ3v) is 0.650. The van der Waals surface area contributed by atoms with Crippen LogP contribution in [0, 0.1) is 0 Å². The number of aliphatic hydroxyl groups is 2. The predicted octanol–water partition coefficient (Wildman–Crippen LogP) is -1.02. The van der Waals surface area contributed by atoms with E-state index in [2.05, 4.69) is 5.32 Å². The Morgan fingerprint density at radius 2 is 2.12 bits per heavy atom. The molecule has 0 aromatic heterocycles. The van der Waals surface area contributed by atoms with Crippen LogP contribution in [0.25, 0.3) is 0 Å². The Hall–Kier alpha value is 0.170. The van der Waals surface area contributed by atoms with Crippen molar-refractivity contribution >= 4 is 12.4 Å². The molecular formula is C4H12ClNO2. The van der Waals surface area contributed by atoms with Crippen molar-refractivity contribution in [1.82, 2.24) is 5.32 Å². The summed E-state index contributed by atoms with van der Waals surface area (Å²) in [4.78, 5) is 0. The van der Waals surface area contributed by atoms with Gasteiger partial charge in [-0.2, -0.15) is 0 Å². The first kappa shape index (κ1) is 11.0. The maximum Gasteiger partial charge on any atom is 0.0894 e. The third kappa shape index (κ3) is 6.17. The Bertz CT molecular complexity index is 45.0. The lowest BCUT2D eigenvalue weighted by Crippen LogP contribution is -2.26. The number of halogens is 1. The van der Waals surface area contributed by atoms with Crippen LogP contribution in [0.15, 0.2) is 0 Å². The lowest BCUT2D eigenvalue weighted by molar-refractivity contribution is 0.0961. The number of hydrogen-bond donors (Lipinski definition) is 3. The van der Waals surface area contributed by atoms with Crippen LogP contribution in [0.1, 0.15) is 0 Å². The second kappa shape index (κ2) is 7.17. The van der Waals surface area contributed by atoms with Crippen molar-refractivity contribution in [3.63, 3.8) is 0 Å². The second-order valence-corrected chi connectivity index (χ2v) is 1.39. The molecule has 8 heavy (non-hydrogen) atoms. The average molecular weight is 142 g/mol. The highest BCUT2D eigenvalue weighted by Crippen LogP contribution is 1.72. The molecule has 0 aliphatic heterocycles. The van der Waals surface area contributed by atoms with Gasteiger partial charge < -0.3 is 15.5 Å². The van der Waals surface area contributed by atoms with Crippen molar-refractivity contribution in [2.24, 2.45) is 0 Å². The Morgan fingerprint density at radius 1 is 1.62 bits per heavy atom. The van der Waals surface area contributed by atoms with Gasteiger partial charge in [-0.15, -0.1) is 12.4 Å². The summed E-state index contributed by atoms with van der Waals surface area (Å²) in [5.41, 5.74) is 0. The lowest BCUT2D eigenvalue weighted by Gasteiger charge is -2.02. The minimum Gasteiger partial charge on any atom is -0.394 e. The van der Waals surface area contributed by atoms with E-state index in [0.717, 1.165) is 0 Å². The SMILES string of the molecule is CNCC(O)CO.Cl. The number of aliphatic hydroxyl groups excluding tert-OH is 2. The number of nitrogens with one attached hydrogen (secondary N) is 1. The van der Waals surface area contributed by atoms with Crippen LogP contribution >= 0.6 is 12.4 Å². The summed E-state index contributed by atoms with van der Waals surface area (Å²) in [5.74, 6) is 0. The van der Waals surface area contributed by atoms with Gasteiger partial charge in [-0.25, -0.2) is 0 Å². The summed E-state index contributed by atoms with van der Waals surface area (Å²) in [6, 6.07) is 0. The normalized spacial score (nSPS) is 12.4. The van der Waals surface area contributed by atoms with E-state index >= 15 is 0 Å². The highest BCUT2D eigenvalue weighted by atomic mass is 35.5. The minimum atomic E-state index is -0.606. The highest BCUT2D eigenvalue weighted by molar-refractivity contribution is 5.85. The van der Waals surface area contributed by atoms with Crippen LogP contribution in [0.3, 0.4) is 0 Å². The molecule has 0 bridgehead atoms. The molecule has 0 saturated carbocycles. The quantitative estimate of drug-likeness (QED) is 0.472. The molecule has 0 spiro atoms. The van der Waals surface area contributed by atoms with Gasteiger partial charge in [0.2, 0.25) is 0 Å². The smallest absolute Gasteiger partial charge is 0.0894 e. The second-order valence-electron chi connectivity index (χ2n) is 1.39. The molecule has 0 saturated heterocycles. The molecule has 0 heterocycles. The largest absolute Gasteiger partial charge is 0.394 e. The van der Waals surface area contributed by atoms with Crippen LogP contribution in [-0.4, -0.2) is 36.5 Å². The van der Waals surface area contributed by atoms with Crippen LogP contribution < -0.4 is 5.32 Å². The fraction of sp³-hybridized carbons (Fsp3) is 1.00. The molecule has 0 aliphatic rings. The van der Waals surface area contributed by atoms with Gasteiger partial charge in [0.25, 0.3) is 0 Å². The minimum absolute atomic E-state index is 0. The standard InChI is InChI=1S/C4H11NO2.ClH/c1-5-2-4(7)3-6;/h4-7H,2-3H2,1H3;1H. The molecule has 3 N–H and O–H groups in total. The lowest BCUT2D eigenvalue weighted by atomic mass is 10.4. The molecule has 3 nitrogen and oxygen atoms in total. The molecule has 0 aromatic carbocycles. The van der Waals surface area contributed by atoms with Gasteiger partial charge in [0, 0.05) is 6.54 Å². The van der Waals surface area contributed by atoms with E-state index in [-0.39, 0.29) is 19.0 Å². The van der Waals surface area contributed by atoms with E-state index in [0.29, 0.717) is 6.54 Å². The molecule has 1 atom stereocenters. The first-order valence-electron chi connectivity index (χ1n) is 2.24. The highest BCUT2D eigenvalue weighted by Gasteiger charge is 1.95. The van der Waals surface area contributed by atoms with Crippen molar-refractivity contribution in [3.8, 4) is 0 Å². The van der Waals surface area contributed by atoms with Gasteiger partial charge in [-0.3, -0.25) is 0 Å². The Labute approximate surface area is 55.1 Å². The summed E-state index contributed by atoms with van der Waals surface area (Å²) in [7, 11) is 1.72. The van der Waals surface area contributed by atoms with Crippen molar-refractivity contribution < 1.29 is 10.2 Å². The monoisotopic (exact) mass is 141 g/mol. The summed E-state index contributed by atoms with van der Waals surface area (Å²) >= 11 is 0. The Morgan fingerprint density at radius 3 is 2.25 bits per heavy atom. The fourth-order valence-electron chi connectivity index (χ4n) is 0.300. The third-order valence-electron chi connectivity index (χ3n) is 0.650. The predicted molar refractivity (Wildman–Crippen MR) is 34.3 cm³/mol. The summed E-state index contributed by atoms with van der Waals surface area (Å²) < 4.78 is 0. The summed E-state index contributed by atoms with van der Waals surface area (Å²) in [6.07, 6.45) is -0.606. The van der Waals surface area contributed by atoms with E-state index < -0.39 is 6.10 Å². The van der Waals surface area contributed by atoms with Gasteiger partial charge >= 0.3 is 0 Å². The van der Waals surface area contributed by atoms with Crippen LogP contribution in [0.4, 0.5) is 0 Å². The van der Waals surface area contributed by atoms with Crippen molar-refractivity contribution in [2.75, 3.05) is 20.2 Å². The van der Waals surface area contributed by atoms with E-state index in [1.165, 1.54) is 0 Å². The molecule has 0 fully saturated rings. The number of rotatable bonds is 3. The summed E-state index contributed by atoms with van der Waals surface area (Å²) in [6.45, 7) is 0.289. The Kier molecular flexibility index (Phi) is 9.89. The molecule has 0 aliphatic carbocycles. The van der Waals surface area contributed by atoms with Gasteiger partial charge in [0.15, 0.2) is 0 Å². The zero-order valence-electron chi connectivity index (χ0n) is 4.79. The zero-order chi connectivity index (χ0) is 5.70. The summed E-state index contributed by atoms with van der Waals surface area (Å²) in [5, 5.41) is 19.4. The zero-order valence-corrected chi connectivity index (χ0v) is 5.61. The first-order chi connectivity index (χ1) is 3.31. The van der Waals surface area contributed by atoms with Crippen molar-refractivity contribution in [1.29, 1.82) is 0 Å². The van der Waals surface area contributed by atoms with E-state index in [1.54, 1.807) is 7.05 Å². The number of hydrogen-bond acceptors (Lipinski definition) is 3. The maximum absolute atomic E-state index is 8.55. The van der Waals surface area contributed by atoms with Gasteiger partial charge in [0.1, 0.15) is 0 Å². The molecule has 52 valence electrons. The van der Waals surface area contributed by atoms with Crippen LogP contribution in [0.5, 0.6) is 0 Å². The fourth-order valence-corrected chi connectivity index (χ4v) is 0.300. The topological polar surface area (TPSA) is 52.5 Å². The van der Waals surface area contributed by atoms with E-state index in [1.807, 2.05) is 0 Å². The van der Waals surface area contributed by atoms with Gasteiger partial charge in [0.05, 0.1) is 12.7 Å². The number of likely N-dealkylation sites (N-methyl/N-ethyl adjacent to an activating group) is 1. The van der Waals surface area contributed by atoms with Crippen molar-refractivity contribution in [3.05, 3.63) is 0 Å². The molecule has 4 heteroatoms. The van der Waals surface area contributed by atoms with E-state index in [4.69, 9.17) is 10.2 Å². The average Bonchev–Trinajstić information content (AvgIpc) is 1.68. The van der Waals surface area contributed by atoms with Gasteiger partial charge in [-0.1, -0.05) is 0 Å². The molecular weight excluding hydrogens is 130 g/mol.